The van der Waals surface area contributed by atoms with Gasteiger partial charge in [0.25, 0.3) is 5.91 Å². The predicted octanol–water partition coefficient (Wildman–Crippen LogP) is 2.43. The molecule has 4 nitrogen and oxygen atoms in total. The minimum atomic E-state index is -0.323. The molecule has 0 aliphatic carbocycles. The number of nitrogens with one attached hydrogen (secondary N) is 1. The molecule has 1 fully saturated rings. The molecule has 0 bridgehead atoms. The lowest BCUT2D eigenvalue weighted by Crippen LogP contribution is -2.27. The molecule has 0 spiro atoms. The van der Waals surface area contributed by atoms with Crippen molar-refractivity contribution in [1.29, 1.82) is 0 Å². The Morgan fingerprint density at radius 2 is 2.11 bits per heavy atom. The average molecular weight is 249 g/mol. The van der Waals surface area contributed by atoms with Gasteiger partial charge < -0.3 is 14.8 Å². The van der Waals surface area contributed by atoms with E-state index in [0.717, 1.165) is 24.0 Å². The summed E-state index contributed by atoms with van der Waals surface area (Å²) in [7, 11) is 1.60. The maximum atomic E-state index is 12.0. The molecule has 1 aliphatic rings. The zero-order chi connectivity index (χ0) is 13.1. The number of anilines is 1. The smallest absolute Gasteiger partial charge is 0.253 e. The van der Waals surface area contributed by atoms with Crippen molar-refractivity contribution in [2.45, 2.75) is 32.8 Å². The van der Waals surface area contributed by atoms with E-state index in [1.54, 1.807) is 7.11 Å². The highest BCUT2D eigenvalue weighted by molar-refractivity contribution is 5.95. The number of hydrogen-bond acceptors (Lipinski definition) is 3. The van der Waals surface area contributed by atoms with Crippen molar-refractivity contribution >= 4 is 11.6 Å². The summed E-state index contributed by atoms with van der Waals surface area (Å²) < 4.78 is 10.7. The molecule has 98 valence electrons. The molecular weight excluding hydrogens is 230 g/mol. The van der Waals surface area contributed by atoms with E-state index in [1.165, 1.54) is 0 Å². The van der Waals surface area contributed by atoms with Gasteiger partial charge in [-0.1, -0.05) is 0 Å². The van der Waals surface area contributed by atoms with Gasteiger partial charge in [-0.25, -0.2) is 0 Å². The summed E-state index contributed by atoms with van der Waals surface area (Å²) >= 11 is 0. The van der Waals surface area contributed by atoms with Crippen LogP contribution in [0.2, 0.25) is 0 Å². The number of benzene rings is 1. The average Bonchev–Trinajstić information content (AvgIpc) is 2.87. The predicted molar refractivity (Wildman–Crippen MR) is 70.1 cm³/mol. The molecule has 1 aliphatic heterocycles. The van der Waals surface area contributed by atoms with E-state index in [0.29, 0.717) is 18.0 Å². The number of methoxy groups -OCH3 is 1. The Kier molecular flexibility index (Phi) is 3.87. The van der Waals surface area contributed by atoms with Crippen molar-refractivity contribution in [2.24, 2.45) is 0 Å². The summed E-state index contributed by atoms with van der Waals surface area (Å²) in [5.74, 6) is 0.596. The standard InChI is InChI=1S/C14H19NO3/c1-9-7-11(13(17-3)8-10(9)2)15-14(16)12-5-4-6-18-12/h7-8,12H,4-6H2,1-3H3,(H,15,16). The van der Waals surface area contributed by atoms with Crippen LogP contribution in [0.4, 0.5) is 5.69 Å². The second-order valence-electron chi connectivity index (χ2n) is 4.63. The molecule has 1 aromatic rings. The van der Waals surface area contributed by atoms with Crippen molar-refractivity contribution in [1.82, 2.24) is 0 Å². The van der Waals surface area contributed by atoms with E-state index in [-0.39, 0.29) is 12.0 Å². The lowest BCUT2D eigenvalue weighted by Gasteiger charge is -2.15. The third kappa shape index (κ3) is 2.64. The van der Waals surface area contributed by atoms with Gasteiger partial charge in [-0.2, -0.15) is 0 Å². The summed E-state index contributed by atoms with van der Waals surface area (Å²) in [4.78, 5) is 12.0. The number of carbonyl (C=O) groups is 1. The lowest BCUT2D eigenvalue weighted by atomic mass is 10.1. The molecule has 1 unspecified atom stereocenters. The molecule has 1 N–H and O–H groups in total. The Morgan fingerprint density at radius 3 is 2.72 bits per heavy atom. The van der Waals surface area contributed by atoms with E-state index < -0.39 is 0 Å². The minimum absolute atomic E-state index is 0.0888. The van der Waals surface area contributed by atoms with Gasteiger partial charge in [-0.05, 0) is 49.9 Å². The molecule has 0 aromatic heterocycles. The zero-order valence-corrected chi connectivity index (χ0v) is 11.1. The van der Waals surface area contributed by atoms with Crippen molar-refractivity contribution in [3.8, 4) is 5.75 Å². The van der Waals surface area contributed by atoms with E-state index in [1.807, 2.05) is 26.0 Å². The van der Waals surface area contributed by atoms with E-state index in [2.05, 4.69) is 5.32 Å². The van der Waals surface area contributed by atoms with Crippen molar-refractivity contribution in [2.75, 3.05) is 19.0 Å². The SMILES string of the molecule is COc1cc(C)c(C)cc1NC(=O)C1CCCO1. The van der Waals surface area contributed by atoms with Crippen molar-refractivity contribution in [3.05, 3.63) is 23.3 Å². The summed E-state index contributed by atoms with van der Waals surface area (Å²) in [5.41, 5.74) is 2.97. The fourth-order valence-corrected chi connectivity index (χ4v) is 2.05. The number of hydrogen-bond donors (Lipinski definition) is 1. The largest absolute Gasteiger partial charge is 0.495 e. The van der Waals surface area contributed by atoms with Gasteiger partial charge in [-0.15, -0.1) is 0 Å². The highest BCUT2D eigenvalue weighted by Gasteiger charge is 2.24. The highest BCUT2D eigenvalue weighted by atomic mass is 16.5. The number of carbonyl (C=O) groups excluding carboxylic acids is 1. The van der Waals surface area contributed by atoms with Crippen LogP contribution < -0.4 is 10.1 Å². The van der Waals surface area contributed by atoms with Gasteiger partial charge in [0.2, 0.25) is 0 Å². The summed E-state index contributed by atoms with van der Waals surface area (Å²) in [5, 5.41) is 2.88. The monoisotopic (exact) mass is 249 g/mol. The maximum absolute atomic E-state index is 12.0. The van der Waals surface area contributed by atoms with Crippen LogP contribution in [0.5, 0.6) is 5.75 Å². The van der Waals surface area contributed by atoms with Crippen LogP contribution in [0.1, 0.15) is 24.0 Å². The fraction of sp³-hybridized carbons (Fsp3) is 0.500. The molecule has 0 saturated carbocycles. The van der Waals surface area contributed by atoms with Gasteiger partial charge in [0.05, 0.1) is 12.8 Å². The molecule has 1 atom stereocenters. The topological polar surface area (TPSA) is 47.6 Å². The first-order chi connectivity index (χ1) is 8.61. The van der Waals surface area contributed by atoms with Crippen LogP contribution in [-0.4, -0.2) is 25.7 Å². The first-order valence-corrected chi connectivity index (χ1v) is 6.19. The van der Waals surface area contributed by atoms with Crippen LogP contribution in [0.15, 0.2) is 12.1 Å². The fourth-order valence-electron chi connectivity index (χ4n) is 2.05. The van der Waals surface area contributed by atoms with Gasteiger partial charge in [0.1, 0.15) is 11.9 Å². The molecule has 1 aromatic carbocycles. The Labute approximate surface area is 107 Å². The third-order valence-electron chi connectivity index (χ3n) is 3.30. The molecule has 4 heteroatoms. The number of amides is 1. The lowest BCUT2D eigenvalue weighted by molar-refractivity contribution is -0.124. The second kappa shape index (κ2) is 5.40. The maximum Gasteiger partial charge on any atom is 0.253 e. The van der Waals surface area contributed by atoms with Crippen molar-refractivity contribution in [3.63, 3.8) is 0 Å². The Bertz CT molecular complexity index is 451. The van der Waals surface area contributed by atoms with Gasteiger partial charge in [-0.3, -0.25) is 4.79 Å². The minimum Gasteiger partial charge on any atom is -0.495 e. The first-order valence-electron chi connectivity index (χ1n) is 6.19. The molecule has 0 radical (unpaired) electrons. The summed E-state index contributed by atoms with van der Waals surface area (Å²) in [6.07, 6.45) is 1.41. The van der Waals surface area contributed by atoms with Crippen molar-refractivity contribution < 1.29 is 14.3 Å². The number of rotatable bonds is 3. The Hall–Kier alpha value is -1.55. The van der Waals surface area contributed by atoms with Gasteiger partial charge in [0.15, 0.2) is 0 Å². The van der Waals surface area contributed by atoms with Crippen LogP contribution in [-0.2, 0) is 9.53 Å². The van der Waals surface area contributed by atoms with Crippen LogP contribution in [0.25, 0.3) is 0 Å². The normalized spacial score (nSPS) is 18.7. The first kappa shape index (κ1) is 12.9. The van der Waals surface area contributed by atoms with Gasteiger partial charge >= 0.3 is 0 Å². The van der Waals surface area contributed by atoms with Crippen LogP contribution in [0, 0.1) is 13.8 Å². The summed E-state index contributed by atoms with van der Waals surface area (Å²) in [6, 6.07) is 3.86. The number of ether oxygens (including phenoxy) is 2. The zero-order valence-electron chi connectivity index (χ0n) is 11.1. The molecule has 2 rings (SSSR count). The molecule has 1 saturated heterocycles. The van der Waals surface area contributed by atoms with E-state index >= 15 is 0 Å². The van der Waals surface area contributed by atoms with Crippen LogP contribution >= 0.6 is 0 Å². The quantitative estimate of drug-likeness (QED) is 0.895. The molecule has 1 heterocycles. The number of aryl methyl sites for hydroxylation is 2. The molecule has 1 amide bonds. The molecular formula is C14H19NO3. The second-order valence-corrected chi connectivity index (χ2v) is 4.63. The highest BCUT2D eigenvalue weighted by Crippen LogP contribution is 2.28. The molecule has 18 heavy (non-hydrogen) atoms. The van der Waals surface area contributed by atoms with E-state index in [4.69, 9.17) is 9.47 Å². The third-order valence-corrected chi connectivity index (χ3v) is 3.30. The van der Waals surface area contributed by atoms with Crippen LogP contribution in [0.3, 0.4) is 0 Å². The summed E-state index contributed by atoms with van der Waals surface area (Å²) in [6.45, 7) is 4.70. The Balaban J connectivity index is 2.17. The van der Waals surface area contributed by atoms with Gasteiger partial charge in [0, 0.05) is 6.61 Å². The van der Waals surface area contributed by atoms with E-state index in [9.17, 15) is 4.79 Å². The Morgan fingerprint density at radius 1 is 1.39 bits per heavy atom.